The van der Waals surface area contributed by atoms with E-state index in [4.69, 9.17) is 4.52 Å². The smallest absolute Gasteiger partial charge is 0.243 e. The molecular weight excluding hydrogens is 330 g/mol. The molecule has 0 aliphatic carbocycles. The van der Waals surface area contributed by atoms with Crippen molar-refractivity contribution < 1.29 is 4.52 Å². The van der Waals surface area contributed by atoms with Crippen molar-refractivity contribution in [2.45, 2.75) is 31.8 Å². The molecule has 0 radical (unpaired) electrons. The molecule has 3 aromatic heterocycles. The summed E-state index contributed by atoms with van der Waals surface area (Å²) in [6, 6.07) is 5.98. The third-order valence-electron chi connectivity index (χ3n) is 4.57. The molecule has 3 aromatic rings. The molecule has 0 saturated carbocycles. The van der Waals surface area contributed by atoms with Crippen LogP contribution in [0.15, 0.2) is 47.5 Å². The molecule has 8 heteroatoms. The van der Waals surface area contributed by atoms with E-state index in [0.717, 1.165) is 37.4 Å². The molecule has 0 spiro atoms. The average molecular weight is 351 g/mol. The lowest BCUT2D eigenvalue weighted by Crippen LogP contribution is -2.43. The molecule has 1 atom stereocenters. The fourth-order valence-electron chi connectivity index (χ4n) is 3.15. The summed E-state index contributed by atoms with van der Waals surface area (Å²) in [6.45, 7) is 3.91. The molecule has 0 unspecified atom stereocenters. The van der Waals surface area contributed by atoms with Crippen LogP contribution in [0.5, 0.6) is 0 Å². The van der Waals surface area contributed by atoms with E-state index in [0.29, 0.717) is 17.8 Å². The van der Waals surface area contributed by atoms with E-state index in [1.54, 1.807) is 24.8 Å². The fourth-order valence-corrected chi connectivity index (χ4v) is 3.15. The van der Waals surface area contributed by atoms with Gasteiger partial charge < -0.3 is 14.7 Å². The van der Waals surface area contributed by atoms with Crippen LogP contribution in [0.2, 0.25) is 0 Å². The van der Waals surface area contributed by atoms with Crippen LogP contribution in [0.3, 0.4) is 0 Å². The van der Waals surface area contributed by atoms with E-state index in [-0.39, 0.29) is 6.04 Å². The first-order valence-electron chi connectivity index (χ1n) is 8.81. The Balaban J connectivity index is 1.33. The monoisotopic (exact) mass is 351 g/mol. The lowest BCUT2D eigenvalue weighted by Gasteiger charge is -2.33. The molecule has 1 fully saturated rings. The molecule has 1 aliphatic heterocycles. The number of hydrogen-bond acceptors (Lipinski definition) is 8. The zero-order valence-corrected chi connectivity index (χ0v) is 14.6. The predicted octanol–water partition coefficient (Wildman–Crippen LogP) is 2.24. The Morgan fingerprint density at radius 2 is 1.85 bits per heavy atom. The van der Waals surface area contributed by atoms with Crippen LogP contribution in [0.25, 0.3) is 11.4 Å². The summed E-state index contributed by atoms with van der Waals surface area (Å²) in [4.78, 5) is 19.4. The second-order valence-corrected chi connectivity index (χ2v) is 6.39. The van der Waals surface area contributed by atoms with Crippen molar-refractivity contribution in [3.63, 3.8) is 0 Å². The van der Waals surface area contributed by atoms with Gasteiger partial charge in [0.05, 0.1) is 6.04 Å². The van der Waals surface area contributed by atoms with Crippen molar-refractivity contribution in [1.29, 1.82) is 0 Å². The van der Waals surface area contributed by atoms with Gasteiger partial charge in [-0.15, -0.1) is 0 Å². The van der Waals surface area contributed by atoms with Gasteiger partial charge in [-0.1, -0.05) is 5.16 Å². The Morgan fingerprint density at radius 1 is 1.12 bits per heavy atom. The predicted molar refractivity (Wildman–Crippen MR) is 96.3 cm³/mol. The highest BCUT2D eigenvalue weighted by Gasteiger charge is 2.24. The Bertz CT molecular complexity index is 816. The number of aromatic nitrogens is 5. The quantitative estimate of drug-likeness (QED) is 0.748. The molecule has 0 aromatic carbocycles. The average Bonchev–Trinajstić information content (AvgIpc) is 3.20. The summed E-state index contributed by atoms with van der Waals surface area (Å²) < 4.78 is 5.44. The van der Waals surface area contributed by atoms with Gasteiger partial charge >= 0.3 is 0 Å². The highest BCUT2D eigenvalue weighted by molar-refractivity contribution is 5.52. The first-order valence-corrected chi connectivity index (χ1v) is 8.81. The molecule has 1 saturated heterocycles. The number of piperidine rings is 1. The highest BCUT2D eigenvalue weighted by Crippen LogP contribution is 2.21. The lowest BCUT2D eigenvalue weighted by molar-refractivity contribution is 0.305. The Labute approximate surface area is 151 Å². The minimum atomic E-state index is 0.00242. The molecule has 26 heavy (non-hydrogen) atoms. The second-order valence-electron chi connectivity index (χ2n) is 6.39. The molecular formula is C18H21N7O. The molecule has 0 amide bonds. The number of anilines is 1. The van der Waals surface area contributed by atoms with E-state index < -0.39 is 0 Å². The van der Waals surface area contributed by atoms with Crippen molar-refractivity contribution in [2.24, 2.45) is 0 Å². The third kappa shape index (κ3) is 3.70. The second kappa shape index (κ2) is 7.57. The van der Waals surface area contributed by atoms with Crippen molar-refractivity contribution >= 4 is 5.95 Å². The minimum absolute atomic E-state index is 0.00242. The van der Waals surface area contributed by atoms with Crippen molar-refractivity contribution in [3.8, 4) is 11.4 Å². The fraction of sp³-hybridized carbons (Fsp3) is 0.389. The van der Waals surface area contributed by atoms with E-state index >= 15 is 0 Å². The van der Waals surface area contributed by atoms with Gasteiger partial charge in [0.15, 0.2) is 0 Å². The largest absolute Gasteiger partial charge is 0.341 e. The maximum atomic E-state index is 5.44. The zero-order valence-electron chi connectivity index (χ0n) is 14.6. The van der Waals surface area contributed by atoms with Crippen LogP contribution in [0.1, 0.15) is 31.7 Å². The number of pyridine rings is 1. The normalized spacial score (nSPS) is 16.6. The van der Waals surface area contributed by atoms with Crippen molar-refractivity contribution in [1.82, 2.24) is 30.4 Å². The van der Waals surface area contributed by atoms with E-state index in [2.05, 4.69) is 42.2 Å². The van der Waals surface area contributed by atoms with Crippen LogP contribution >= 0.6 is 0 Å². The summed E-state index contributed by atoms with van der Waals surface area (Å²) in [6.07, 6.45) is 9.05. The van der Waals surface area contributed by atoms with Crippen LogP contribution in [-0.4, -0.2) is 44.2 Å². The van der Waals surface area contributed by atoms with Gasteiger partial charge in [-0.25, -0.2) is 9.97 Å². The van der Waals surface area contributed by atoms with Gasteiger partial charge in [-0.05, 0) is 38.0 Å². The summed E-state index contributed by atoms with van der Waals surface area (Å²) in [7, 11) is 0. The maximum Gasteiger partial charge on any atom is 0.243 e. The van der Waals surface area contributed by atoms with Crippen LogP contribution in [0.4, 0.5) is 5.95 Å². The topological polar surface area (TPSA) is 92.9 Å². The third-order valence-corrected chi connectivity index (χ3v) is 4.57. The molecule has 1 N–H and O–H groups in total. The van der Waals surface area contributed by atoms with Crippen LogP contribution in [0, 0.1) is 0 Å². The molecule has 134 valence electrons. The van der Waals surface area contributed by atoms with Gasteiger partial charge in [0, 0.05) is 49.5 Å². The number of nitrogens with zero attached hydrogens (tertiary/aromatic N) is 6. The number of nitrogens with one attached hydrogen (secondary N) is 1. The van der Waals surface area contributed by atoms with E-state index in [1.807, 2.05) is 18.2 Å². The van der Waals surface area contributed by atoms with Gasteiger partial charge in [-0.3, -0.25) is 4.98 Å². The standard InChI is InChI=1S/C18H21N7O/c1-13(17-23-16(24-26-17)14-3-9-19-10-4-14)22-15-5-11-25(12-6-15)18-20-7-2-8-21-18/h2-4,7-10,13,15,22H,5-6,11-12H2,1H3/t13-/m1/s1. The molecule has 4 heterocycles. The minimum Gasteiger partial charge on any atom is -0.341 e. The summed E-state index contributed by atoms with van der Waals surface area (Å²) in [5.74, 6) is 2.00. The Hall–Kier alpha value is -2.87. The first-order chi connectivity index (χ1) is 12.8. The molecule has 4 rings (SSSR count). The summed E-state index contributed by atoms with van der Waals surface area (Å²) in [5, 5.41) is 7.67. The number of rotatable bonds is 5. The Kier molecular flexibility index (Phi) is 4.83. The highest BCUT2D eigenvalue weighted by atomic mass is 16.5. The maximum absolute atomic E-state index is 5.44. The zero-order chi connectivity index (χ0) is 17.8. The molecule has 1 aliphatic rings. The lowest BCUT2D eigenvalue weighted by atomic mass is 10.0. The Morgan fingerprint density at radius 3 is 2.58 bits per heavy atom. The SMILES string of the molecule is C[C@@H](NC1CCN(c2ncccn2)CC1)c1nc(-c2ccncc2)no1. The van der Waals surface area contributed by atoms with Gasteiger partial charge in [0.2, 0.25) is 17.7 Å². The number of hydrogen-bond donors (Lipinski definition) is 1. The van der Waals surface area contributed by atoms with Gasteiger partial charge in [0.25, 0.3) is 0 Å². The molecule has 8 nitrogen and oxygen atoms in total. The van der Waals surface area contributed by atoms with Crippen molar-refractivity contribution in [2.75, 3.05) is 18.0 Å². The van der Waals surface area contributed by atoms with Gasteiger partial charge in [-0.2, -0.15) is 4.98 Å². The first kappa shape index (κ1) is 16.6. The van der Waals surface area contributed by atoms with Crippen LogP contribution in [-0.2, 0) is 0 Å². The van der Waals surface area contributed by atoms with Crippen molar-refractivity contribution in [3.05, 3.63) is 48.9 Å². The van der Waals surface area contributed by atoms with Gasteiger partial charge in [0.1, 0.15) is 0 Å². The summed E-state index contributed by atoms with van der Waals surface area (Å²) >= 11 is 0. The van der Waals surface area contributed by atoms with E-state index in [9.17, 15) is 0 Å². The van der Waals surface area contributed by atoms with E-state index in [1.165, 1.54) is 0 Å². The molecule has 0 bridgehead atoms. The van der Waals surface area contributed by atoms with Crippen LogP contribution < -0.4 is 10.2 Å². The summed E-state index contributed by atoms with van der Waals surface area (Å²) in [5.41, 5.74) is 0.901.